The zero-order chi connectivity index (χ0) is 16.3. The lowest BCUT2D eigenvalue weighted by molar-refractivity contribution is 0.169. The topological polar surface area (TPSA) is 29.3 Å². The Kier molecular flexibility index (Phi) is 4.92. The molecule has 1 aromatic rings. The van der Waals surface area contributed by atoms with Gasteiger partial charge in [0.25, 0.3) is 0 Å². The van der Waals surface area contributed by atoms with Crippen molar-refractivity contribution >= 4 is 11.1 Å². The summed E-state index contributed by atoms with van der Waals surface area (Å²) in [5.74, 6) is 6.03. The molecule has 2 nitrogen and oxygen atoms in total. The largest absolute Gasteiger partial charge is 0.310 e. The first-order valence-electron chi connectivity index (χ1n) is 8.07. The van der Waals surface area contributed by atoms with Gasteiger partial charge in [0.15, 0.2) is 0 Å². The number of nitrogens with two attached hydrogens (primary N) is 1. The molecule has 1 aliphatic rings. The molecule has 0 amide bonds. The Bertz CT molecular complexity index is 598. The van der Waals surface area contributed by atoms with E-state index in [4.69, 9.17) is 5.84 Å². The van der Waals surface area contributed by atoms with E-state index in [1.165, 1.54) is 22.3 Å². The summed E-state index contributed by atoms with van der Waals surface area (Å²) in [5.41, 5.74) is 5.28. The maximum Gasteiger partial charge on any atom is 0.0763 e. The molecule has 1 aromatic carbocycles. The van der Waals surface area contributed by atoms with Crippen LogP contribution in [-0.2, 0) is 0 Å². The summed E-state index contributed by atoms with van der Waals surface area (Å²) in [4.78, 5) is 0. The van der Waals surface area contributed by atoms with Crippen molar-refractivity contribution in [3.8, 4) is 0 Å². The molecule has 0 spiro atoms. The third kappa shape index (κ3) is 3.33. The van der Waals surface area contributed by atoms with E-state index < -0.39 is 0 Å². The molecule has 0 bridgehead atoms. The molecule has 1 atom stereocenters. The molecule has 1 unspecified atom stereocenters. The second-order valence-corrected chi connectivity index (χ2v) is 6.95. The number of nitrogens with zero attached hydrogens (tertiary/aromatic N) is 1. The first kappa shape index (κ1) is 16.6. The minimum atomic E-state index is 0.135. The zero-order valence-electron chi connectivity index (χ0n) is 14.4. The molecule has 2 N–H and O–H groups in total. The van der Waals surface area contributed by atoms with Gasteiger partial charge in [-0.15, -0.1) is 0 Å². The third-order valence-electron chi connectivity index (χ3n) is 4.02. The lowest BCUT2D eigenvalue weighted by Crippen LogP contribution is -2.52. The van der Waals surface area contributed by atoms with E-state index >= 15 is 0 Å². The first-order chi connectivity index (χ1) is 10.4. The lowest BCUT2D eigenvalue weighted by atomic mass is 9.76. The van der Waals surface area contributed by atoms with E-state index in [0.717, 1.165) is 6.42 Å². The number of hydrogen-bond acceptors (Lipinski definition) is 2. The van der Waals surface area contributed by atoms with Crippen molar-refractivity contribution < 1.29 is 0 Å². The Morgan fingerprint density at radius 1 is 1.23 bits per heavy atom. The van der Waals surface area contributed by atoms with Gasteiger partial charge < -0.3 is 5.01 Å². The van der Waals surface area contributed by atoms with E-state index in [1.54, 1.807) is 0 Å². The van der Waals surface area contributed by atoms with Gasteiger partial charge in [-0.3, -0.25) is 0 Å². The van der Waals surface area contributed by atoms with Gasteiger partial charge in [-0.2, -0.15) is 0 Å². The molecule has 0 aliphatic carbocycles. The van der Waals surface area contributed by atoms with Gasteiger partial charge in [0.2, 0.25) is 0 Å². The normalized spacial score (nSPS) is 19.4. The molecular weight excluding hydrogens is 268 g/mol. The number of hydrogen-bond donors (Lipinski definition) is 1. The number of allylic oxidation sites excluding steroid dienone is 4. The molecule has 2 heteroatoms. The molecule has 0 aromatic heterocycles. The monoisotopic (exact) mass is 296 g/mol. The van der Waals surface area contributed by atoms with E-state index in [9.17, 15) is 0 Å². The Morgan fingerprint density at radius 3 is 2.32 bits per heavy atom. The van der Waals surface area contributed by atoms with Crippen molar-refractivity contribution in [1.29, 1.82) is 0 Å². The highest BCUT2D eigenvalue weighted by Crippen LogP contribution is 2.40. The molecule has 0 radical (unpaired) electrons. The van der Waals surface area contributed by atoms with Crippen molar-refractivity contribution in [2.45, 2.75) is 47.1 Å². The third-order valence-corrected chi connectivity index (χ3v) is 4.02. The summed E-state index contributed by atoms with van der Waals surface area (Å²) < 4.78 is 0. The van der Waals surface area contributed by atoms with Crippen LogP contribution >= 0.6 is 0 Å². The fourth-order valence-electron chi connectivity index (χ4n) is 3.07. The average molecular weight is 296 g/mol. The summed E-state index contributed by atoms with van der Waals surface area (Å²) in [6.07, 6.45) is 9.60. The van der Waals surface area contributed by atoms with Crippen LogP contribution in [0.3, 0.4) is 0 Å². The lowest BCUT2D eigenvalue weighted by Gasteiger charge is -2.45. The summed E-state index contributed by atoms with van der Waals surface area (Å²) in [5, 5.41) is 1.82. The predicted molar refractivity (Wildman–Crippen MR) is 96.8 cm³/mol. The van der Waals surface area contributed by atoms with Crippen LogP contribution < -0.4 is 5.84 Å². The molecule has 1 heterocycles. The van der Waals surface area contributed by atoms with Crippen LogP contribution in [0.2, 0.25) is 0 Å². The Balaban J connectivity index is 2.27. The van der Waals surface area contributed by atoms with Gasteiger partial charge in [-0.1, -0.05) is 70.2 Å². The summed E-state index contributed by atoms with van der Waals surface area (Å²) in [6.45, 7) is 10.9. The van der Waals surface area contributed by atoms with Crippen molar-refractivity contribution in [3.63, 3.8) is 0 Å². The highest BCUT2D eigenvalue weighted by molar-refractivity contribution is 5.78. The Labute approximate surface area is 135 Å². The molecule has 2 rings (SSSR count). The Hall–Kier alpha value is -1.80. The summed E-state index contributed by atoms with van der Waals surface area (Å²) in [6, 6.07) is 9.10. The number of hydrazine groups is 1. The molecule has 1 aliphatic heterocycles. The van der Waals surface area contributed by atoms with E-state index in [2.05, 4.69) is 77.1 Å². The molecule has 0 saturated carbocycles. The van der Waals surface area contributed by atoms with Gasteiger partial charge in [-0.05, 0) is 35.5 Å². The van der Waals surface area contributed by atoms with Crippen LogP contribution in [0.25, 0.3) is 11.1 Å². The van der Waals surface area contributed by atoms with Gasteiger partial charge in [0.05, 0.1) is 6.04 Å². The maximum absolute atomic E-state index is 6.03. The van der Waals surface area contributed by atoms with E-state index in [-0.39, 0.29) is 11.5 Å². The van der Waals surface area contributed by atoms with Crippen LogP contribution in [0.15, 0.2) is 48.7 Å². The SMILES string of the molecule is C/C=C\C(=C/CC)c1ccc(C2=CN(N)C2C(C)(C)C)cc1. The van der Waals surface area contributed by atoms with Crippen molar-refractivity contribution in [1.82, 2.24) is 5.01 Å². The molecule has 118 valence electrons. The molecule has 22 heavy (non-hydrogen) atoms. The van der Waals surface area contributed by atoms with E-state index in [1.807, 2.05) is 11.2 Å². The first-order valence-corrected chi connectivity index (χ1v) is 8.07. The van der Waals surface area contributed by atoms with Crippen LogP contribution in [0.1, 0.15) is 52.2 Å². The van der Waals surface area contributed by atoms with Crippen molar-refractivity contribution in [3.05, 3.63) is 59.8 Å². The van der Waals surface area contributed by atoms with Crippen LogP contribution in [0.5, 0.6) is 0 Å². The summed E-state index contributed by atoms with van der Waals surface area (Å²) >= 11 is 0. The summed E-state index contributed by atoms with van der Waals surface area (Å²) in [7, 11) is 0. The second kappa shape index (κ2) is 6.53. The maximum atomic E-state index is 6.03. The number of benzene rings is 1. The van der Waals surface area contributed by atoms with Crippen molar-refractivity contribution in [2.24, 2.45) is 11.3 Å². The second-order valence-electron chi connectivity index (χ2n) is 6.95. The van der Waals surface area contributed by atoms with Crippen LogP contribution in [0, 0.1) is 5.41 Å². The fourth-order valence-corrected chi connectivity index (χ4v) is 3.07. The highest BCUT2D eigenvalue weighted by Gasteiger charge is 2.38. The fraction of sp³-hybridized carbons (Fsp3) is 0.400. The highest BCUT2D eigenvalue weighted by atomic mass is 15.4. The van der Waals surface area contributed by atoms with Gasteiger partial charge >= 0.3 is 0 Å². The van der Waals surface area contributed by atoms with Gasteiger partial charge in [0.1, 0.15) is 0 Å². The van der Waals surface area contributed by atoms with Crippen molar-refractivity contribution in [2.75, 3.05) is 0 Å². The smallest absolute Gasteiger partial charge is 0.0763 e. The standard InChI is InChI=1S/C20H28N2/c1-6-8-15(9-7-2)16-10-12-17(13-11-16)18-14-22(21)19(18)20(3,4)5/h6,8-14,19H,7,21H2,1-5H3/b8-6-,15-9+. The zero-order valence-corrected chi connectivity index (χ0v) is 14.4. The minimum absolute atomic E-state index is 0.135. The quantitative estimate of drug-likeness (QED) is 0.625. The predicted octanol–water partition coefficient (Wildman–Crippen LogP) is 5.00. The average Bonchev–Trinajstić information content (AvgIpc) is 2.43. The molecular formula is C20H28N2. The Morgan fingerprint density at radius 2 is 1.86 bits per heavy atom. The van der Waals surface area contributed by atoms with E-state index in [0.29, 0.717) is 0 Å². The van der Waals surface area contributed by atoms with Crippen LogP contribution in [0.4, 0.5) is 0 Å². The minimum Gasteiger partial charge on any atom is -0.310 e. The van der Waals surface area contributed by atoms with Gasteiger partial charge in [-0.25, -0.2) is 5.84 Å². The molecule has 0 fully saturated rings. The number of rotatable bonds is 4. The van der Waals surface area contributed by atoms with Crippen LogP contribution in [-0.4, -0.2) is 11.1 Å². The van der Waals surface area contributed by atoms with Gasteiger partial charge in [0, 0.05) is 11.8 Å². The molecule has 0 saturated heterocycles.